The third kappa shape index (κ3) is 3.02. The highest BCUT2D eigenvalue weighted by Crippen LogP contribution is 2.19. The number of hydrogen-bond acceptors (Lipinski definition) is 2. The molecule has 0 spiro atoms. The standard InChI is InChI=1S/C14H9BrN2/c15-13-6-4-11(5-7-13)12(10-16)9-14-3-1-2-8-17-14/h1-9H/b12-9-. The fourth-order valence-electron chi connectivity index (χ4n) is 1.42. The zero-order valence-corrected chi connectivity index (χ0v) is 10.6. The van der Waals surface area contributed by atoms with Crippen molar-refractivity contribution >= 4 is 27.6 Å². The van der Waals surface area contributed by atoms with E-state index in [0.717, 1.165) is 15.7 Å². The molecule has 0 radical (unpaired) electrons. The first-order valence-corrected chi connectivity index (χ1v) is 5.87. The van der Waals surface area contributed by atoms with Gasteiger partial charge in [0.05, 0.1) is 17.3 Å². The lowest BCUT2D eigenvalue weighted by Gasteiger charge is -1.99. The third-order valence-corrected chi connectivity index (χ3v) is 2.78. The van der Waals surface area contributed by atoms with Crippen LogP contribution in [0.2, 0.25) is 0 Å². The Kier molecular flexibility index (Phi) is 3.69. The summed E-state index contributed by atoms with van der Waals surface area (Å²) >= 11 is 3.37. The molecule has 82 valence electrons. The normalized spacial score (nSPS) is 10.9. The molecule has 2 nitrogen and oxygen atoms in total. The Labute approximate surface area is 108 Å². The third-order valence-electron chi connectivity index (χ3n) is 2.26. The first-order valence-electron chi connectivity index (χ1n) is 5.08. The quantitative estimate of drug-likeness (QED) is 0.784. The first kappa shape index (κ1) is 11.6. The van der Waals surface area contributed by atoms with Crippen LogP contribution in [0.15, 0.2) is 53.1 Å². The predicted molar refractivity (Wildman–Crippen MR) is 71.9 cm³/mol. The van der Waals surface area contributed by atoms with Crippen LogP contribution in [0.3, 0.4) is 0 Å². The molecule has 0 aliphatic rings. The van der Waals surface area contributed by atoms with Crippen molar-refractivity contribution in [1.29, 1.82) is 5.26 Å². The van der Waals surface area contributed by atoms with Crippen molar-refractivity contribution in [2.45, 2.75) is 0 Å². The summed E-state index contributed by atoms with van der Waals surface area (Å²) < 4.78 is 0.997. The van der Waals surface area contributed by atoms with Crippen LogP contribution in [-0.4, -0.2) is 4.98 Å². The van der Waals surface area contributed by atoms with E-state index in [-0.39, 0.29) is 0 Å². The average molecular weight is 285 g/mol. The molecule has 17 heavy (non-hydrogen) atoms. The number of halogens is 1. The molecule has 1 aromatic heterocycles. The van der Waals surface area contributed by atoms with E-state index >= 15 is 0 Å². The molecule has 3 heteroatoms. The molecule has 0 aliphatic carbocycles. The summed E-state index contributed by atoms with van der Waals surface area (Å²) in [4.78, 5) is 4.17. The lowest BCUT2D eigenvalue weighted by molar-refractivity contribution is 1.30. The molecule has 2 aromatic rings. The summed E-state index contributed by atoms with van der Waals surface area (Å²) in [7, 11) is 0. The first-order chi connectivity index (χ1) is 8.29. The zero-order valence-electron chi connectivity index (χ0n) is 8.97. The highest BCUT2D eigenvalue weighted by molar-refractivity contribution is 9.10. The van der Waals surface area contributed by atoms with Gasteiger partial charge in [0.2, 0.25) is 0 Å². The molecule has 0 atom stereocenters. The lowest BCUT2D eigenvalue weighted by Crippen LogP contribution is -1.83. The minimum absolute atomic E-state index is 0.608. The van der Waals surface area contributed by atoms with Gasteiger partial charge in [0.25, 0.3) is 0 Å². The molecule has 0 aliphatic heterocycles. The van der Waals surface area contributed by atoms with Crippen molar-refractivity contribution in [2.75, 3.05) is 0 Å². The van der Waals surface area contributed by atoms with Crippen LogP contribution >= 0.6 is 15.9 Å². The Hall–Kier alpha value is -1.92. The summed E-state index contributed by atoms with van der Waals surface area (Å²) in [5.74, 6) is 0. The van der Waals surface area contributed by atoms with Gasteiger partial charge in [-0.05, 0) is 35.9 Å². The number of pyridine rings is 1. The van der Waals surface area contributed by atoms with E-state index < -0.39 is 0 Å². The van der Waals surface area contributed by atoms with Crippen LogP contribution in [0.25, 0.3) is 11.6 Å². The van der Waals surface area contributed by atoms with Crippen LogP contribution < -0.4 is 0 Å². The highest BCUT2D eigenvalue weighted by atomic mass is 79.9. The number of rotatable bonds is 2. The van der Waals surface area contributed by atoms with Gasteiger partial charge in [0.1, 0.15) is 0 Å². The molecule has 1 heterocycles. The molecule has 0 saturated heterocycles. The average Bonchev–Trinajstić information content (AvgIpc) is 2.38. The Morgan fingerprint density at radius 2 is 1.94 bits per heavy atom. The zero-order chi connectivity index (χ0) is 12.1. The van der Waals surface area contributed by atoms with E-state index in [2.05, 4.69) is 27.0 Å². The van der Waals surface area contributed by atoms with Crippen molar-refractivity contribution in [3.63, 3.8) is 0 Å². The number of benzene rings is 1. The molecular formula is C14H9BrN2. The molecule has 0 fully saturated rings. The van der Waals surface area contributed by atoms with Crippen LogP contribution in [0.4, 0.5) is 0 Å². The minimum atomic E-state index is 0.608. The van der Waals surface area contributed by atoms with Crippen LogP contribution in [-0.2, 0) is 0 Å². The fraction of sp³-hybridized carbons (Fsp3) is 0. The molecular weight excluding hydrogens is 276 g/mol. The number of nitrogens with zero attached hydrogens (tertiary/aromatic N) is 2. The SMILES string of the molecule is N#C/C(=C/c1ccccn1)c1ccc(Br)cc1. The summed E-state index contributed by atoms with van der Waals surface area (Å²) in [6.45, 7) is 0. The predicted octanol–water partition coefficient (Wildman–Crippen LogP) is 3.91. The molecule has 1 aromatic carbocycles. The van der Waals surface area contributed by atoms with Gasteiger partial charge in [0.15, 0.2) is 0 Å². The maximum Gasteiger partial charge on any atom is 0.0998 e. The highest BCUT2D eigenvalue weighted by Gasteiger charge is 2.00. The van der Waals surface area contributed by atoms with Crippen molar-refractivity contribution in [3.05, 3.63) is 64.4 Å². The number of allylic oxidation sites excluding steroid dienone is 1. The van der Waals surface area contributed by atoms with E-state index in [9.17, 15) is 0 Å². The Bertz CT molecular complexity index is 565. The molecule has 0 saturated carbocycles. The van der Waals surface area contributed by atoms with Gasteiger partial charge in [-0.2, -0.15) is 5.26 Å². The number of nitriles is 1. The second-order valence-electron chi connectivity index (χ2n) is 3.43. The van der Waals surface area contributed by atoms with Gasteiger partial charge < -0.3 is 0 Å². The smallest absolute Gasteiger partial charge is 0.0998 e. The van der Waals surface area contributed by atoms with E-state index in [1.807, 2.05) is 42.5 Å². The summed E-state index contributed by atoms with van der Waals surface area (Å²) in [5.41, 5.74) is 2.28. The molecule has 0 amide bonds. The second-order valence-corrected chi connectivity index (χ2v) is 4.35. The van der Waals surface area contributed by atoms with Crippen molar-refractivity contribution in [2.24, 2.45) is 0 Å². The van der Waals surface area contributed by atoms with Gasteiger partial charge >= 0.3 is 0 Å². The monoisotopic (exact) mass is 284 g/mol. The summed E-state index contributed by atoms with van der Waals surface area (Å²) in [6, 6.07) is 15.5. The minimum Gasteiger partial charge on any atom is -0.257 e. The van der Waals surface area contributed by atoms with E-state index in [0.29, 0.717) is 5.57 Å². The molecule has 0 unspecified atom stereocenters. The van der Waals surface area contributed by atoms with Crippen LogP contribution in [0.1, 0.15) is 11.3 Å². The van der Waals surface area contributed by atoms with Gasteiger partial charge in [-0.15, -0.1) is 0 Å². The van der Waals surface area contributed by atoms with Crippen LogP contribution in [0, 0.1) is 11.3 Å². The van der Waals surface area contributed by atoms with Crippen molar-refractivity contribution < 1.29 is 0 Å². The molecule has 2 rings (SSSR count). The van der Waals surface area contributed by atoms with Gasteiger partial charge in [-0.25, -0.2) is 0 Å². The Morgan fingerprint density at radius 1 is 1.18 bits per heavy atom. The topological polar surface area (TPSA) is 36.7 Å². The van der Waals surface area contributed by atoms with E-state index in [4.69, 9.17) is 5.26 Å². The largest absolute Gasteiger partial charge is 0.257 e. The van der Waals surface area contributed by atoms with E-state index in [1.54, 1.807) is 12.3 Å². The van der Waals surface area contributed by atoms with Gasteiger partial charge in [-0.1, -0.05) is 34.1 Å². The lowest BCUT2D eigenvalue weighted by atomic mass is 10.1. The fourth-order valence-corrected chi connectivity index (χ4v) is 1.68. The Balaban J connectivity index is 2.38. The maximum absolute atomic E-state index is 9.15. The van der Waals surface area contributed by atoms with Crippen LogP contribution in [0.5, 0.6) is 0 Å². The number of hydrogen-bond donors (Lipinski definition) is 0. The summed E-state index contributed by atoms with van der Waals surface area (Å²) in [6.07, 6.45) is 3.49. The van der Waals surface area contributed by atoms with E-state index in [1.165, 1.54) is 0 Å². The van der Waals surface area contributed by atoms with Crippen molar-refractivity contribution in [1.82, 2.24) is 4.98 Å². The second kappa shape index (κ2) is 5.42. The molecule has 0 bridgehead atoms. The summed E-state index contributed by atoms with van der Waals surface area (Å²) in [5, 5.41) is 9.15. The maximum atomic E-state index is 9.15. The Morgan fingerprint density at radius 3 is 2.53 bits per heavy atom. The van der Waals surface area contributed by atoms with Gasteiger partial charge in [0, 0.05) is 10.7 Å². The van der Waals surface area contributed by atoms with Gasteiger partial charge in [-0.3, -0.25) is 4.98 Å². The number of aromatic nitrogens is 1. The molecule has 0 N–H and O–H groups in total. The van der Waals surface area contributed by atoms with Crippen molar-refractivity contribution in [3.8, 4) is 6.07 Å².